The standard InChI is InChI=1S/C14H18N4O4/c1-4-5-10(3)16-13-12(17(19)20)8-9(2)11(6-7-15)14(13)18(21)22/h8,10,16H,4-6H2,1-3H3. The highest BCUT2D eigenvalue weighted by Crippen LogP contribution is 2.40. The van der Waals surface area contributed by atoms with E-state index in [1.807, 2.05) is 13.0 Å². The van der Waals surface area contributed by atoms with Gasteiger partial charge in [0, 0.05) is 17.7 Å². The Hall–Kier alpha value is -2.69. The molecule has 0 aliphatic carbocycles. The third-order valence-corrected chi connectivity index (χ3v) is 3.36. The Bertz CT molecular complexity index is 637. The molecule has 1 rings (SSSR count). The molecule has 0 radical (unpaired) electrons. The van der Waals surface area contributed by atoms with Gasteiger partial charge in [-0.15, -0.1) is 0 Å². The summed E-state index contributed by atoms with van der Waals surface area (Å²) >= 11 is 0. The van der Waals surface area contributed by atoms with Crippen molar-refractivity contribution in [2.45, 2.75) is 46.1 Å². The van der Waals surface area contributed by atoms with Gasteiger partial charge in [0.2, 0.25) is 0 Å². The van der Waals surface area contributed by atoms with Crippen LogP contribution in [-0.2, 0) is 6.42 Å². The molecule has 0 saturated carbocycles. The van der Waals surface area contributed by atoms with Gasteiger partial charge in [-0.2, -0.15) is 5.26 Å². The molecule has 0 aliphatic heterocycles. The molecule has 0 heterocycles. The lowest BCUT2D eigenvalue weighted by molar-refractivity contribution is -0.392. The van der Waals surface area contributed by atoms with E-state index in [0.29, 0.717) is 5.56 Å². The second-order valence-electron chi connectivity index (χ2n) is 5.10. The van der Waals surface area contributed by atoms with Crippen LogP contribution in [-0.4, -0.2) is 15.9 Å². The summed E-state index contributed by atoms with van der Waals surface area (Å²) in [5.74, 6) is 0. The molecule has 0 saturated heterocycles. The number of hydrogen-bond acceptors (Lipinski definition) is 6. The molecule has 1 atom stereocenters. The van der Waals surface area contributed by atoms with Gasteiger partial charge in [0.15, 0.2) is 5.69 Å². The summed E-state index contributed by atoms with van der Waals surface area (Å²) in [5, 5.41) is 34.4. The fourth-order valence-corrected chi connectivity index (χ4v) is 2.36. The van der Waals surface area contributed by atoms with Crippen LogP contribution in [0.25, 0.3) is 0 Å². The molecule has 0 amide bonds. The lowest BCUT2D eigenvalue weighted by Crippen LogP contribution is -2.18. The number of nitrogens with zero attached hydrogens (tertiary/aromatic N) is 3. The maximum absolute atomic E-state index is 11.4. The maximum Gasteiger partial charge on any atom is 0.303 e. The predicted molar refractivity (Wildman–Crippen MR) is 81.8 cm³/mol. The average Bonchev–Trinajstić information content (AvgIpc) is 2.41. The minimum Gasteiger partial charge on any atom is -0.371 e. The van der Waals surface area contributed by atoms with Crippen molar-refractivity contribution in [2.24, 2.45) is 0 Å². The molecule has 118 valence electrons. The number of hydrogen-bond donors (Lipinski definition) is 1. The molecule has 0 fully saturated rings. The Morgan fingerprint density at radius 1 is 1.36 bits per heavy atom. The van der Waals surface area contributed by atoms with Gasteiger partial charge in [-0.3, -0.25) is 20.2 Å². The number of rotatable bonds is 7. The van der Waals surface area contributed by atoms with E-state index in [4.69, 9.17) is 5.26 Å². The largest absolute Gasteiger partial charge is 0.371 e. The molecule has 0 aliphatic rings. The van der Waals surface area contributed by atoms with Crippen molar-refractivity contribution < 1.29 is 9.85 Å². The van der Waals surface area contributed by atoms with Gasteiger partial charge in [-0.1, -0.05) is 13.3 Å². The summed E-state index contributed by atoms with van der Waals surface area (Å²) < 4.78 is 0. The van der Waals surface area contributed by atoms with Gasteiger partial charge in [0.1, 0.15) is 0 Å². The Labute approximate surface area is 128 Å². The number of nitrogens with one attached hydrogen (secondary N) is 1. The molecule has 1 aromatic rings. The van der Waals surface area contributed by atoms with Crippen molar-refractivity contribution in [1.29, 1.82) is 5.26 Å². The lowest BCUT2D eigenvalue weighted by atomic mass is 10.00. The molecule has 8 nitrogen and oxygen atoms in total. The van der Waals surface area contributed by atoms with Gasteiger partial charge < -0.3 is 5.32 Å². The number of nitro groups is 2. The van der Waals surface area contributed by atoms with Gasteiger partial charge in [-0.05, 0) is 25.8 Å². The SMILES string of the molecule is CCCC(C)Nc1c([N+](=O)[O-])cc(C)c(CC#N)c1[N+](=O)[O-]. The summed E-state index contributed by atoms with van der Waals surface area (Å²) in [6, 6.07) is 3.00. The zero-order valence-electron chi connectivity index (χ0n) is 12.8. The summed E-state index contributed by atoms with van der Waals surface area (Å²) in [5.41, 5.74) is -0.255. The van der Waals surface area contributed by atoms with Gasteiger partial charge in [0.05, 0.1) is 22.3 Å². The molecular formula is C14H18N4O4. The van der Waals surface area contributed by atoms with Gasteiger partial charge in [0.25, 0.3) is 5.69 Å². The Morgan fingerprint density at radius 3 is 2.45 bits per heavy atom. The number of nitro benzene ring substituents is 2. The highest BCUT2D eigenvalue weighted by atomic mass is 16.6. The highest BCUT2D eigenvalue weighted by molar-refractivity contribution is 5.78. The van der Waals surface area contributed by atoms with E-state index in [1.165, 1.54) is 13.0 Å². The van der Waals surface area contributed by atoms with E-state index in [0.717, 1.165) is 12.8 Å². The first-order valence-electron chi connectivity index (χ1n) is 6.92. The van der Waals surface area contributed by atoms with E-state index in [2.05, 4.69) is 5.32 Å². The molecule has 0 spiro atoms. The van der Waals surface area contributed by atoms with Crippen LogP contribution in [0.5, 0.6) is 0 Å². The van der Waals surface area contributed by atoms with Crippen molar-refractivity contribution in [3.63, 3.8) is 0 Å². The Morgan fingerprint density at radius 2 is 2.00 bits per heavy atom. The normalized spacial score (nSPS) is 11.5. The van der Waals surface area contributed by atoms with E-state index in [-0.39, 0.29) is 35.1 Å². The van der Waals surface area contributed by atoms with Crippen LogP contribution < -0.4 is 5.32 Å². The van der Waals surface area contributed by atoms with Crippen LogP contribution >= 0.6 is 0 Å². The number of nitriles is 1. The third kappa shape index (κ3) is 3.69. The molecule has 1 unspecified atom stereocenters. The molecular weight excluding hydrogens is 288 g/mol. The maximum atomic E-state index is 11.4. The Balaban J connectivity index is 3.59. The first-order valence-corrected chi connectivity index (χ1v) is 6.92. The van der Waals surface area contributed by atoms with Crippen LogP contribution in [0.4, 0.5) is 17.1 Å². The predicted octanol–water partition coefficient (Wildman–Crippen LogP) is 3.48. The van der Waals surface area contributed by atoms with Gasteiger partial charge >= 0.3 is 5.69 Å². The average molecular weight is 306 g/mol. The number of anilines is 1. The smallest absolute Gasteiger partial charge is 0.303 e. The fourth-order valence-electron chi connectivity index (χ4n) is 2.36. The second-order valence-corrected chi connectivity index (χ2v) is 5.10. The summed E-state index contributed by atoms with van der Waals surface area (Å²) in [6.45, 7) is 5.30. The fraction of sp³-hybridized carbons (Fsp3) is 0.500. The summed E-state index contributed by atoms with van der Waals surface area (Å²) in [7, 11) is 0. The molecule has 22 heavy (non-hydrogen) atoms. The van der Waals surface area contributed by atoms with E-state index in [1.54, 1.807) is 6.92 Å². The molecule has 0 aromatic heterocycles. The zero-order chi connectivity index (χ0) is 16.9. The Kier molecular flexibility index (Phi) is 5.81. The number of benzene rings is 1. The zero-order valence-corrected chi connectivity index (χ0v) is 12.8. The van der Waals surface area contributed by atoms with Crippen LogP contribution in [0.3, 0.4) is 0 Å². The quantitative estimate of drug-likeness (QED) is 0.607. The highest BCUT2D eigenvalue weighted by Gasteiger charge is 2.31. The summed E-state index contributed by atoms with van der Waals surface area (Å²) in [6.07, 6.45) is 1.39. The van der Waals surface area contributed by atoms with Crippen LogP contribution in [0.2, 0.25) is 0 Å². The van der Waals surface area contributed by atoms with Crippen LogP contribution in [0, 0.1) is 38.5 Å². The first-order chi connectivity index (χ1) is 10.3. The number of aryl methyl sites for hydroxylation is 1. The first kappa shape index (κ1) is 17.4. The summed E-state index contributed by atoms with van der Waals surface area (Å²) in [4.78, 5) is 21.4. The van der Waals surface area contributed by atoms with E-state index < -0.39 is 9.85 Å². The lowest BCUT2D eigenvalue weighted by Gasteiger charge is -2.16. The monoisotopic (exact) mass is 306 g/mol. The molecule has 8 heteroatoms. The van der Waals surface area contributed by atoms with Crippen molar-refractivity contribution >= 4 is 17.1 Å². The van der Waals surface area contributed by atoms with Crippen LogP contribution in [0.1, 0.15) is 37.8 Å². The van der Waals surface area contributed by atoms with Gasteiger partial charge in [-0.25, -0.2) is 0 Å². The van der Waals surface area contributed by atoms with Crippen LogP contribution in [0.15, 0.2) is 6.07 Å². The van der Waals surface area contributed by atoms with Crippen molar-refractivity contribution in [2.75, 3.05) is 5.32 Å². The second kappa shape index (κ2) is 7.36. The van der Waals surface area contributed by atoms with E-state index in [9.17, 15) is 20.2 Å². The van der Waals surface area contributed by atoms with Crippen molar-refractivity contribution in [3.8, 4) is 6.07 Å². The minimum absolute atomic E-state index is 0.119. The minimum atomic E-state index is -0.659. The molecule has 1 N–H and O–H groups in total. The van der Waals surface area contributed by atoms with Crippen molar-refractivity contribution in [1.82, 2.24) is 0 Å². The third-order valence-electron chi connectivity index (χ3n) is 3.36. The topological polar surface area (TPSA) is 122 Å². The van der Waals surface area contributed by atoms with E-state index >= 15 is 0 Å². The molecule has 0 bridgehead atoms. The molecule has 1 aromatic carbocycles. The van der Waals surface area contributed by atoms with Crippen molar-refractivity contribution in [3.05, 3.63) is 37.4 Å².